The van der Waals surface area contributed by atoms with Crippen LogP contribution in [-0.4, -0.2) is 23.0 Å². The van der Waals surface area contributed by atoms with E-state index in [0.717, 1.165) is 18.4 Å². The van der Waals surface area contributed by atoms with Gasteiger partial charge in [-0.3, -0.25) is 4.68 Å². The lowest BCUT2D eigenvalue weighted by atomic mass is 10.2. The minimum atomic E-state index is -1.66. The number of hydrogen-bond acceptors (Lipinski definition) is 2. The van der Waals surface area contributed by atoms with E-state index in [2.05, 4.69) is 38.6 Å². The molecule has 0 saturated carbocycles. The van der Waals surface area contributed by atoms with Crippen molar-refractivity contribution in [1.29, 1.82) is 0 Å². The third kappa shape index (κ3) is 2.99. The van der Waals surface area contributed by atoms with Crippen LogP contribution in [0.25, 0.3) is 0 Å². The number of nitrogens with zero attached hydrogens (tertiary/aromatic N) is 2. The molecule has 0 aliphatic rings. The lowest BCUT2D eigenvalue weighted by molar-refractivity contribution is 0.136. The van der Waals surface area contributed by atoms with Crippen molar-refractivity contribution < 1.29 is 5.11 Å². The summed E-state index contributed by atoms with van der Waals surface area (Å²) >= 11 is 0. The molecule has 0 fully saturated rings. The van der Waals surface area contributed by atoms with Gasteiger partial charge in [-0.25, -0.2) is 0 Å². The molecule has 1 heterocycles. The van der Waals surface area contributed by atoms with Crippen molar-refractivity contribution in [2.45, 2.75) is 64.5 Å². The van der Waals surface area contributed by atoms with Gasteiger partial charge in [0.1, 0.15) is 0 Å². The molecule has 0 amide bonds. The molecule has 1 aromatic rings. The zero-order valence-electron chi connectivity index (χ0n) is 12.0. The summed E-state index contributed by atoms with van der Waals surface area (Å²) in [5.74, 6) is 0. The lowest BCUT2D eigenvalue weighted by Gasteiger charge is -2.34. The van der Waals surface area contributed by atoms with E-state index in [1.54, 1.807) is 0 Å². The van der Waals surface area contributed by atoms with Crippen LogP contribution in [0.5, 0.6) is 0 Å². The highest BCUT2D eigenvalue weighted by Crippen LogP contribution is 2.31. The van der Waals surface area contributed by atoms with Gasteiger partial charge < -0.3 is 5.11 Å². The molecular formula is C13H26N2OSi. The summed E-state index contributed by atoms with van der Waals surface area (Å²) < 4.78 is 1.98. The first kappa shape index (κ1) is 14.4. The maximum absolute atomic E-state index is 10.7. The van der Waals surface area contributed by atoms with Crippen molar-refractivity contribution in [3.05, 3.63) is 18.0 Å². The molecular weight excluding hydrogens is 228 g/mol. The summed E-state index contributed by atoms with van der Waals surface area (Å²) in [6.07, 6.45) is 6.11. The molecule has 2 unspecified atom stereocenters. The first-order valence-corrected chi connectivity index (χ1v) is 9.97. The molecule has 0 saturated heterocycles. The summed E-state index contributed by atoms with van der Waals surface area (Å²) in [5.41, 5.74) is 0.958. The zero-order chi connectivity index (χ0) is 13.3. The van der Waals surface area contributed by atoms with Crippen LogP contribution in [0.2, 0.25) is 19.6 Å². The monoisotopic (exact) mass is 254 g/mol. The van der Waals surface area contributed by atoms with Gasteiger partial charge in [0.25, 0.3) is 0 Å². The lowest BCUT2D eigenvalue weighted by Crippen LogP contribution is -2.46. The van der Waals surface area contributed by atoms with Crippen molar-refractivity contribution in [3.63, 3.8) is 0 Å². The van der Waals surface area contributed by atoms with Crippen LogP contribution in [0, 0.1) is 0 Å². The second-order valence-electron chi connectivity index (χ2n) is 6.17. The minimum absolute atomic E-state index is 0.409. The standard InChI is InChI=1S/C13H26N2OSi/c1-7-8-11(2)15-10-12(9-14-15)13(3,16)17(4,5)6/h9-11,16H,7-8H2,1-6H3. The molecule has 0 aromatic carbocycles. The summed E-state index contributed by atoms with van der Waals surface area (Å²) in [5, 5.41) is 14.3. The van der Waals surface area contributed by atoms with Crippen LogP contribution in [0.4, 0.5) is 0 Å². The second kappa shape index (κ2) is 4.94. The smallest absolute Gasteiger partial charge is 0.0875 e. The normalized spacial score (nSPS) is 17.8. The molecule has 4 heteroatoms. The Hall–Kier alpha value is -0.613. The van der Waals surface area contributed by atoms with E-state index in [4.69, 9.17) is 0 Å². The maximum atomic E-state index is 10.7. The average molecular weight is 254 g/mol. The summed E-state index contributed by atoms with van der Waals surface area (Å²) in [4.78, 5) is 0. The first-order chi connectivity index (χ1) is 7.70. The number of aliphatic hydroxyl groups is 1. The Balaban J connectivity index is 2.95. The quantitative estimate of drug-likeness (QED) is 0.819. The van der Waals surface area contributed by atoms with Gasteiger partial charge in [-0.05, 0) is 20.3 Å². The molecule has 1 aromatic heterocycles. The fraction of sp³-hybridized carbons (Fsp3) is 0.769. The van der Waals surface area contributed by atoms with Gasteiger partial charge in [-0.2, -0.15) is 5.10 Å². The number of aromatic nitrogens is 2. The third-order valence-corrected chi connectivity index (χ3v) is 6.99. The van der Waals surface area contributed by atoms with Gasteiger partial charge in [-0.1, -0.05) is 33.0 Å². The first-order valence-electron chi connectivity index (χ1n) is 6.47. The topological polar surface area (TPSA) is 38.0 Å². The summed E-state index contributed by atoms with van der Waals surface area (Å²) in [6.45, 7) is 12.8. The highest BCUT2D eigenvalue weighted by molar-refractivity contribution is 6.78. The molecule has 98 valence electrons. The Labute approximate surface area is 106 Å². The third-order valence-electron chi connectivity index (χ3n) is 3.78. The Bertz CT molecular complexity index is 366. The SMILES string of the molecule is CCCC(C)n1cc(C(C)(O)[Si](C)(C)C)cn1. The molecule has 17 heavy (non-hydrogen) atoms. The van der Waals surface area contributed by atoms with Crippen molar-refractivity contribution in [2.75, 3.05) is 0 Å². The summed E-state index contributed by atoms with van der Waals surface area (Å²) in [7, 11) is -1.66. The Morgan fingerprint density at radius 2 is 2.06 bits per heavy atom. The van der Waals surface area contributed by atoms with E-state index in [0.29, 0.717) is 6.04 Å². The second-order valence-corrected chi connectivity index (χ2v) is 11.6. The summed E-state index contributed by atoms with van der Waals surface area (Å²) in [6, 6.07) is 0.409. The maximum Gasteiger partial charge on any atom is 0.0875 e. The largest absolute Gasteiger partial charge is 0.389 e. The van der Waals surface area contributed by atoms with Gasteiger partial charge in [0.05, 0.1) is 19.5 Å². The van der Waals surface area contributed by atoms with Gasteiger partial charge in [0.15, 0.2) is 0 Å². The van der Waals surface area contributed by atoms with E-state index in [-0.39, 0.29) is 0 Å². The molecule has 2 atom stereocenters. The molecule has 0 aliphatic carbocycles. The van der Waals surface area contributed by atoms with Crippen molar-refractivity contribution in [3.8, 4) is 0 Å². The van der Waals surface area contributed by atoms with Crippen LogP contribution in [0.1, 0.15) is 45.2 Å². The van der Waals surface area contributed by atoms with Gasteiger partial charge in [0, 0.05) is 17.8 Å². The van der Waals surface area contributed by atoms with E-state index in [1.165, 1.54) is 0 Å². The van der Waals surface area contributed by atoms with E-state index < -0.39 is 13.3 Å². The van der Waals surface area contributed by atoms with Gasteiger partial charge in [0.2, 0.25) is 0 Å². The van der Waals surface area contributed by atoms with Crippen molar-refractivity contribution in [2.24, 2.45) is 0 Å². The predicted octanol–water partition coefficient (Wildman–Crippen LogP) is 3.33. The Morgan fingerprint density at radius 3 is 2.53 bits per heavy atom. The average Bonchev–Trinajstić information content (AvgIpc) is 2.65. The molecule has 3 nitrogen and oxygen atoms in total. The highest BCUT2D eigenvalue weighted by Gasteiger charge is 2.39. The fourth-order valence-electron chi connectivity index (χ4n) is 1.81. The van der Waals surface area contributed by atoms with E-state index >= 15 is 0 Å². The van der Waals surface area contributed by atoms with Crippen LogP contribution in [0.15, 0.2) is 12.4 Å². The fourth-order valence-corrected chi connectivity index (χ4v) is 2.81. The van der Waals surface area contributed by atoms with Crippen molar-refractivity contribution >= 4 is 8.07 Å². The highest BCUT2D eigenvalue weighted by atomic mass is 28.3. The molecule has 0 radical (unpaired) electrons. The molecule has 1 N–H and O–H groups in total. The van der Waals surface area contributed by atoms with Gasteiger partial charge in [-0.15, -0.1) is 0 Å². The van der Waals surface area contributed by atoms with Crippen LogP contribution >= 0.6 is 0 Å². The molecule has 0 spiro atoms. The number of rotatable bonds is 5. The zero-order valence-corrected chi connectivity index (χ0v) is 13.0. The molecule has 0 bridgehead atoms. The van der Waals surface area contributed by atoms with Crippen LogP contribution in [-0.2, 0) is 5.22 Å². The number of hydrogen-bond donors (Lipinski definition) is 1. The molecule has 1 rings (SSSR count). The molecule has 0 aliphatic heterocycles. The van der Waals surface area contributed by atoms with Gasteiger partial charge >= 0.3 is 0 Å². The minimum Gasteiger partial charge on any atom is -0.389 e. The van der Waals surface area contributed by atoms with E-state index in [9.17, 15) is 5.11 Å². The van der Waals surface area contributed by atoms with Crippen LogP contribution < -0.4 is 0 Å². The Morgan fingerprint density at radius 1 is 1.47 bits per heavy atom. The van der Waals surface area contributed by atoms with Crippen LogP contribution in [0.3, 0.4) is 0 Å². The Kier molecular flexibility index (Phi) is 4.20. The van der Waals surface area contributed by atoms with Crippen molar-refractivity contribution in [1.82, 2.24) is 9.78 Å². The predicted molar refractivity (Wildman–Crippen MR) is 74.8 cm³/mol. The van der Waals surface area contributed by atoms with E-state index in [1.807, 2.05) is 24.0 Å².